The zero-order valence-corrected chi connectivity index (χ0v) is 11.8. The molecule has 1 aliphatic rings. The first-order chi connectivity index (χ1) is 9.83. The molecule has 1 unspecified atom stereocenters. The molecule has 1 aromatic rings. The van der Waals surface area contributed by atoms with Crippen LogP contribution in [0, 0.1) is 0 Å². The average Bonchev–Trinajstić information content (AvgIpc) is 3.24. The number of aliphatic hydroxyl groups excluding tert-OH is 1. The molecule has 1 aliphatic carbocycles. The van der Waals surface area contributed by atoms with Gasteiger partial charge >= 0.3 is 6.18 Å². The molecule has 0 bridgehead atoms. The van der Waals surface area contributed by atoms with Crippen molar-refractivity contribution in [1.29, 1.82) is 0 Å². The number of rotatable bonds is 6. The second-order valence-corrected chi connectivity index (χ2v) is 5.08. The van der Waals surface area contributed by atoms with Crippen molar-refractivity contribution in [2.24, 2.45) is 0 Å². The third-order valence-corrected chi connectivity index (χ3v) is 3.72. The number of aliphatic hydroxyl groups is 1. The van der Waals surface area contributed by atoms with E-state index in [2.05, 4.69) is 5.32 Å². The van der Waals surface area contributed by atoms with Crippen LogP contribution in [0.15, 0.2) is 18.2 Å². The van der Waals surface area contributed by atoms with Crippen molar-refractivity contribution >= 4 is 0 Å². The Morgan fingerprint density at radius 1 is 1.29 bits per heavy atom. The summed E-state index contributed by atoms with van der Waals surface area (Å²) in [5.41, 5.74) is -1.46. The molecule has 0 amide bonds. The quantitative estimate of drug-likeness (QED) is 0.847. The summed E-state index contributed by atoms with van der Waals surface area (Å²) in [5.74, 6) is 0.906. The Hall–Kier alpha value is -1.47. The van der Waals surface area contributed by atoms with Crippen LogP contribution >= 0.6 is 0 Å². The SMILES string of the molecule is COc1ccc(OC)c(C(O)CNC2(C(F)(F)F)CC2)c1. The highest BCUT2D eigenvalue weighted by Crippen LogP contribution is 2.49. The van der Waals surface area contributed by atoms with Gasteiger partial charge in [0, 0.05) is 12.1 Å². The summed E-state index contributed by atoms with van der Waals surface area (Å²) < 4.78 is 48.6. The molecule has 1 saturated carbocycles. The number of β-amino-alcohol motifs (C(OH)–C–C–N with tert-alkyl or cyclic N) is 1. The summed E-state index contributed by atoms with van der Waals surface area (Å²) in [6.07, 6.45) is -5.34. The van der Waals surface area contributed by atoms with E-state index in [1.54, 1.807) is 18.2 Å². The van der Waals surface area contributed by atoms with Gasteiger partial charge in [0.2, 0.25) is 0 Å². The molecule has 7 heteroatoms. The number of hydrogen-bond acceptors (Lipinski definition) is 4. The van der Waals surface area contributed by atoms with Gasteiger partial charge < -0.3 is 19.9 Å². The first-order valence-electron chi connectivity index (χ1n) is 6.55. The predicted octanol–water partition coefficient (Wildman–Crippen LogP) is 2.42. The van der Waals surface area contributed by atoms with E-state index < -0.39 is 17.8 Å². The lowest BCUT2D eigenvalue weighted by Crippen LogP contribution is -2.46. The molecule has 0 saturated heterocycles. The highest BCUT2D eigenvalue weighted by Gasteiger charge is 2.63. The minimum Gasteiger partial charge on any atom is -0.497 e. The van der Waals surface area contributed by atoms with Gasteiger partial charge in [-0.1, -0.05) is 0 Å². The van der Waals surface area contributed by atoms with Gasteiger partial charge in [0.05, 0.1) is 20.3 Å². The van der Waals surface area contributed by atoms with Crippen molar-refractivity contribution in [3.8, 4) is 11.5 Å². The van der Waals surface area contributed by atoms with Gasteiger partial charge in [0.15, 0.2) is 0 Å². The van der Waals surface area contributed by atoms with E-state index in [0.717, 1.165) is 0 Å². The first kappa shape index (κ1) is 15.9. The van der Waals surface area contributed by atoms with Gasteiger partial charge in [-0.15, -0.1) is 0 Å². The number of nitrogens with one attached hydrogen (secondary N) is 1. The Bertz CT molecular complexity index is 501. The van der Waals surface area contributed by atoms with E-state index in [1.807, 2.05) is 0 Å². The molecular weight excluding hydrogens is 287 g/mol. The summed E-state index contributed by atoms with van der Waals surface area (Å²) in [4.78, 5) is 0. The molecule has 0 spiro atoms. The Balaban J connectivity index is 2.08. The lowest BCUT2D eigenvalue weighted by Gasteiger charge is -2.23. The summed E-state index contributed by atoms with van der Waals surface area (Å²) in [6, 6.07) is 4.81. The fourth-order valence-electron chi connectivity index (χ4n) is 2.19. The second kappa shape index (κ2) is 5.73. The molecule has 1 atom stereocenters. The molecule has 4 nitrogen and oxygen atoms in total. The van der Waals surface area contributed by atoms with Gasteiger partial charge in [-0.3, -0.25) is 0 Å². The maximum absolute atomic E-state index is 12.8. The van der Waals surface area contributed by atoms with E-state index in [4.69, 9.17) is 9.47 Å². The Labute approximate surface area is 120 Å². The van der Waals surface area contributed by atoms with Crippen LogP contribution < -0.4 is 14.8 Å². The number of methoxy groups -OCH3 is 2. The van der Waals surface area contributed by atoms with E-state index in [1.165, 1.54) is 14.2 Å². The Morgan fingerprint density at radius 2 is 1.95 bits per heavy atom. The van der Waals surface area contributed by atoms with Crippen molar-refractivity contribution in [3.05, 3.63) is 23.8 Å². The largest absolute Gasteiger partial charge is 0.497 e. The van der Waals surface area contributed by atoms with Gasteiger partial charge in [0.1, 0.15) is 17.0 Å². The summed E-state index contributed by atoms with van der Waals surface area (Å²) in [5, 5.41) is 12.6. The lowest BCUT2D eigenvalue weighted by molar-refractivity contribution is -0.166. The maximum atomic E-state index is 12.8. The highest BCUT2D eigenvalue weighted by atomic mass is 19.4. The van der Waals surface area contributed by atoms with Gasteiger partial charge in [0.25, 0.3) is 0 Å². The topological polar surface area (TPSA) is 50.7 Å². The van der Waals surface area contributed by atoms with Gasteiger partial charge in [-0.25, -0.2) is 0 Å². The lowest BCUT2D eigenvalue weighted by atomic mass is 10.1. The molecule has 0 aromatic heterocycles. The number of halogens is 3. The summed E-state index contributed by atoms with van der Waals surface area (Å²) in [7, 11) is 2.91. The summed E-state index contributed by atoms with van der Waals surface area (Å²) >= 11 is 0. The monoisotopic (exact) mass is 305 g/mol. The molecular formula is C14H18F3NO3. The van der Waals surface area contributed by atoms with Crippen LogP contribution in [-0.4, -0.2) is 37.6 Å². The van der Waals surface area contributed by atoms with Crippen molar-refractivity contribution in [1.82, 2.24) is 5.32 Å². The van der Waals surface area contributed by atoms with Crippen molar-refractivity contribution in [3.63, 3.8) is 0 Å². The number of benzene rings is 1. The van der Waals surface area contributed by atoms with E-state index >= 15 is 0 Å². The number of ether oxygens (including phenoxy) is 2. The van der Waals surface area contributed by atoms with Crippen LogP contribution in [0.2, 0.25) is 0 Å². The molecule has 1 aromatic carbocycles. The van der Waals surface area contributed by atoms with Gasteiger partial charge in [-0.05, 0) is 31.0 Å². The zero-order chi connectivity index (χ0) is 15.7. The first-order valence-corrected chi connectivity index (χ1v) is 6.55. The third-order valence-electron chi connectivity index (χ3n) is 3.72. The third kappa shape index (κ3) is 3.24. The van der Waals surface area contributed by atoms with Crippen LogP contribution in [0.4, 0.5) is 13.2 Å². The fraction of sp³-hybridized carbons (Fsp3) is 0.571. The van der Waals surface area contributed by atoms with Crippen LogP contribution in [0.1, 0.15) is 24.5 Å². The number of alkyl halides is 3. The number of hydrogen-bond donors (Lipinski definition) is 2. The Morgan fingerprint density at radius 3 is 2.43 bits per heavy atom. The van der Waals surface area contributed by atoms with Crippen molar-refractivity contribution in [2.75, 3.05) is 20.8 Å². The average molecular weight is 305 g/mol. The van der Waals surface area contributed by atoms with Crippen LogP contribution in [-0.2, 0) is 0 Å². The maximum Gasteiger partial charge on any atom is 0.406 e. The minimum atomic E-state index is -4.30. The van der Waals surface area contributed by atoms with Crippen molar-refractivity contribution in [2.45, 2.75) is 30.7 Å². The highest BCUT2D eigenvalue weighted by molar-refractivity contribution is 5.41. The standard InChI is InChI=1S/C14H18F3NO3/c1-20-9-3-4-12(21-2)10(7-9)11(19)8-18-13(5-6-13)14(15,16)17/h3-4,7,11,18-19H,5-6,8H2,1-2H3. The molecule has 0 heterocycles. The molecule has 2 rings (SSSR count). The van der Waals surface area contributed by atoms with Crippen LogP contribution in [0.25, 0.3) is 0 Å². The Kier molecular flexibility index (Phi) is 4.34. The molecule has 118 valence electrons. The molecule has 21 heavy (non-hydrogen) atoms. The van der Waals surface area contributed by atoms with Crippen molar-refractivity contribution < 1.29 is 27.8 Å². The van der Waals surface area contributed by atoms with E-state index in [9.17, 15) is 18.3 Å². The zero-order valence-electron chi connectivity index (χ0n) is 11.8. The van der Waals surface area contributed by atoms with Gasteiger partial charge in [-0.2, -0.15) is 13.2 Å². The molecule has 0 aliphatic heterocycles. The minimum absolute atomic E-state index is 0.0401. The normalized spacial score (nSPS) is 18.2. The predicted molar refractivity (Wildman–Crippen MR) is 70.5 cm³/mol. The van der Waals surface area contributed by atoms with Crippen LogP contribution in [0.3, 0.4) is 0 Å². The smallest absolute Gasteiger partial charge is 0.406 e. The second-order valence-electron chi connectivity index (χ2n) is 5.08. The molecule has 0 radical (unpaired) electrons. The van der Waals surface area contributed by atoms with Crippen LogP contribution in [0.5, 0.6) is 11.5 Å². The summed E-state index contributed by atoms with van der Waals surface area (Å²) in [6.45, 7) is -0.205. The molecule has 1 fully saturated rings. The van der Waals surface area contributed by atoms with E-state index in [-0.39, 0.29) is 19.4 Å². The molecule has 2 N–H and O–H groups in total. The fourth-order valence-corrected chi connectivity index (χ4v) is 2.19. The van der Waals surface area contributed by atoms with E-state index in [0.29, 0.717) is 17.1 Å².